The van der Waals surface area contributed by atoms with E-state index < -0.39 is 5.54 Å². The van der Waals surface area contributed by atoms with E-state index in [1.54, 1.807) is 12.1 Å². The molecule has 0 atom stereocenters. The number of aryl methyl sites for hydroxylation is 1. The molecule has 2 aromatic rings. The van der Waals surface area contributed by atoms with Crippen molar-refractivity contribution in [3.63, 3.8) is 0 Å². The van der Waals surface area contributed by atoms with Crippen LogP contribution in [-0.4, -0.2) is 35.0 Å². The molecule has 140 valence electrons. The third-order valence-electron chi connectivity index (χ3n) is 3.41. The van der Waals surface area contributed by atoms with E-state index in [4.69, 9.17) is 10.3 Å². The topological polar surface area (TPSA) is 97.3 Å². The number of nitrogen functional groups attached to an aromatic ring is 1. The highest BCUT2D eigenvalue weighted by molar-refractivity contribution is 5.96. The van der Waals surface area contributed by atoms with Crippen LogP contribution in [0.2, 0.25) is 0 Å². The van der Waals surface area contributed by atoms with E-state index in [0.29, 0.717) is 29.5 Å². The second-order valence-corrected chi connectivity index (χ2v) is 6.40. The van der Waals surface area contributed by atoms with Gasteiger partial charge in [-0.05, 0) is 52.6 Å². The van der Waals surface area contributed by atoms with Gasteiger partial charge in [-0.1, -0.05) is 11.2 Å². The van der Waals surface area contributed by atoms with E-state index in [2.05, 4.69) is 15.5 Å². The molecule has 0 saturated carbocycles. The second-order valence-electron chi connectivity index (χ2n) is 6.40. The molecule has 0 aliphatic rings. The van der Waals surface area contributed by atoms with E-state index in [1.165, 1.54) is 0 Å². The maximum absolute atomic E-state index is 12.5. The Morgan fingerprint density at radius 3 is 2.56 bits per heavy atom. The maximum Gasteiger partial charge on any atom is 0.252 e. The Morgan fingerprint density at radius 2 is 1.96 bits per heavy atom. The number of nitrogens with two attached hydrogens (primary N) is 1. The summed E-state index contributed by atoms with van der Waals surface area (Å²) in [4.78, 5) is 18.8. The molecule has 1 heterocycles. The normalized spacial score (nSPS) is 10.8. The van der Waals surface area contributed by atoms with Crippen LogP contribution in [0.1, 0.15) is 41.5 Å². The van der Waals surface area contributed by atoms with Crippen LogP contribution in [0.3, 0.4) is 0 Å². The Kier molecular flexibility index (Phi) is 8.37. The van der Waals surface area contributed by atoms with Gasteiger partial charge in [-0.3, -0.25) is 4.79 Å². The van der Waals surface area contributed by atoms with Gasteiger partial charge in [-0.2, -0.15) is 4.98 Å². The molecule has 1 aromatic carbocycles. The third kappa shape index (κ3) is 5.88. The summed E-state index contributed by atoms with van der Waals surface area (Å²) in [6, 6.07) is 5.25. The molecule has 0 aliphatic heterocycles. The first kappa shape index (κ1) is 23.2. The Hall–Kier alpha value is -1.83. The molecule has 0 radical (unpaired) electrons. The Morgan fingerprint density at radius 1 is 1.32 bits per heavy atom. The van der Waals surface area contributed by atoms with Crippen molar-refractivity contribution in [3.05, 3.63) is 41.0 Å². The molecule has 3 N–H and O–H groups in total. The van der Waals surface area contributed by atoms with Gasteiger partial charge in [0.15, 0.2) is 5.82 Å². The van der Waals surface area contributed by atoms with Crippen LogP contribution in [0.15, 0.2) is 22.7 Å². The van der Waals surface area contributed by atoms with Crippen molar-refractivity contribution in [1.29, 1.82) is 0 Å². The minimum absolute atomic E-state index is 0. The van der Waals surface area contributed by atoms with E-state index in [9.17, 15) is 4.79 Å². The highest BCUT2D eigenvalue weighted by Crippen LogP contribution is 2.20. The van der Waals surface area contributed by atoms with Crippen molar-refractivity contribution in [2.45, 2.75) is 32.9 Å². The average molecular weight is 390 g/mol. The number of hydrogen-bond acceptors (Lipinski definition) is 6. The lowest BCUT2D eigenvalue weighted by Crippen LogP contribution is -2.42. The molecule has 0 fully saturated rings. The van der Waals surface area contributed by atoms with Gasteiger partial charge < -0.3 is 20.5 Å². The standard InChI is InChI=1S/C16H23N5O2.2ClH/c1-10-6-7-11(17)8-12(10)14(22)19-16(2,3)15-18-13(23-20-15)9-21(4)5;;/h6-8H,9,17H2,1-5H3,(H,19,22);2*1H. The molecule has 1 amide bonds. The van der Waals surface area contributed by atoms with Crippen molar-refractivity contribution in [2.24, 2.45) is 0 Å². The highest BCUT2D eigenvalue weighted by atomic mass is 35.5. The quantitative estimate of drug-likeness (QED) is 0.762. The molecule has 7 nitrogen and oxygen atoms in total. The summed E-state index contributed by atoms with van der Waals surface area (Å²) in [5.74, 6) is 0.718. The fraction of sp³-hybridized carbons (Fsp3) is 0.438. The fourth-order valence-electron chi connectivity index (χ4n) is 2.13. The van der Waals surface area contributed by atoms with Gasteiger partial charge in [0.1, 0.15) is 0 Å². The summed E-state index contributed by atoms with van der Waals surface area (Å²) in [7, 11) is 3.83. The molecule has 0 spiro atoms. The van der Waals surface area contributed by atoms with Crippen LogP contribution in [0, 0.1) is 6.92 Å². The first-order valence-corrected chi connectivity index (χ1v) is 7.35. The van der Waals surface area contributed by atoms with Crippen molar-refractivity contribution in [3.8, 4) is 0 Å². The van der Waals surface area contributed by atoms with E-state index in [-0.39, 0.29) is 30.7 Å². The summed E-state index contributed by atoms with van der Waals surface area (Å²) in [6.45, 7) is 6.07. The lowest BCUT2D eigenvalue weighted by atomic mass is 10.0. The van der Waals surface area contributed by atoms with E-state index in [1.807, 2.05) is 45.8 Å². The number of anilines is 1. The van der Waals surface area contributed by atoms with Gasteiger partial charge in [0, 0.05) is 11.3 Å². The lowest BCUT2D eigenvalue weighted by Gasteiger charge is -2.23. The minimum atomic E-state index is -0.762. The number of benzene rings is 1. The maximum atomic E-state index is 12.5. The molecule has 0 saturated heterocycles. The Balaban J connectivity index is 0.00000288. The summed E-state index contributed by atoms with van der Waals surface area (Å²) < 4.78 is 5.22. The fourth-order valence-corrected chi connectivity index (χ4v) is 2.13. The summed E-state index contributed by atoms with van der Waals surface area (Å²) in [5, 5.41) is 6.91. The number of rotatable bonds is 5. The molecule has 0 unspecified atom stereocenters. The van der Waals surface area contributed by atoms with Gasteiger partial charge in [0.05, 0.1) is 12.1 Å². The summed E-state index contributed by atoms with van der Waals surface area (Å²) in [5.41, 5.74) is 6.94. The molecule has 25 heavy (non-hydrogen) atoms. The number of aromatic nitrogens is 2. The van der Waals surface area contributed by atoms with E-state index >= 15 is 0 Å². The zero-order chi connectivity index (χ0) is 17.2. The van der Waals surface area contributed by atoms with Crippen molar-refractivity contribution < 1.29 is 9.32 Å². The number of amides is 1. The summed E-state index contributed by atoms with van der Waals surface area (Å²) >= 11 is 0. The van der Waals surface area contributed by atoms with Crippen LogP contribution in [0.4, 0.5) is 5.69 Å². The van der Waals surface area contributed by atoms with Gasteiger partial charge >= 0.3 is 0 Å². The first-order chi connectivity index (χ1) is 10.7. The molecular formula is C16H25Cl2N5O2. The smallest absolute Gasteiger partial charge is 0.252 e. The monoisotopic (exact) mass is 389 g/mol. The van der Waals surface area contributed by atoms with Gasteiger partial charge in [0.25, 0.3) is 5.91 Å². The van der Waals surface area contributed by atoms with Crippen LogP contribution >= 0.6 is 24.8 Å². The second kappa shape index (κ2) is 9.03. The predicted octanol–water partition coefficient (Wildman–Crippen LogP) is 2.53. The SMILES string of the molecule is Cc1ccc(N)cc1C(=O)NC(C)(C)c1noc(CN(C)C)n1.Cl.Cl. The third-order valence-corrected chi connectivity index (χ3v) is 3.41. The lowest BCUT2D eigenvalue weighted by molar-refractivity contribution is 0.0907. The zero-order valence-corrected chi connectivity index (χ0v) is 16.6. The molecular weight excluding hydrogens is 365 g/mol. The molecule has 0 aliphatic carbocycles. The number of nitrogens with one attached hydrogen (secondary N) is 1. The largest absolute Gasteiger partial charge is 0.399 e. The Bertz CT molecular complexity index is 716. The van der Waals surface area contributed by atoms with Crippen LogP contribution in [-0.2, 0) is 12.1 Å². The van der Waals surface area contributed by atoms with Crippen molar-refractivity contribution >= 4 is 36.4 Å². The first-order valence-electron chi connectivity index (χ1n) is 7.35. The van der Waals surface area contributed by atoms with Crippen molar-refractivity contribution in [1.82, 2.24) is 20.4 Å². The van der Waals surface area contributed by atoms with Gasteiger partial charge in [-0.15, -0.1) is 24.8 Å². The molecule has 1 aromatic heterocycles. The Labute approximate surface area is 160 Å². The van der Waals surface area contributed by atoms with Crippen LogP contribution in [0.5, 0.6) is 0 Å². The number of carbonyl (C=O) groups excluding carboxylic acids is 1. The predicted molar refractivity (Wildman–Crippen MR) is 102 cm³/mol. The number of halogens is 2. The van der Waals surface area contributed by atoms with E-state index in [0.717, 1.165) is 5.56 Å². The number of hydrogen-bond donors (Lipinski definition) is 2. The van der Waals surface area contributed by atoms with Crippen molar-refractivity contribution in [2.75, 3.05) is 19.8 Å². The molecule has 9 heteroatoms. The van der Waals surface area contributed by atoms with Crippen LogP contribution < -0.4 is 11.1 Å². The van der Waals surface area contributed by atoms with Gasteiger partial charge in [-0.25, -0.2) is 0 Å². The zero-order valence-electron chi connectivity index (χ0n) is 15.0. The van der Waals surface area contributed by atoms with Crippen LogP contribution in [0.25, 0.3) is 0 Å². The minimum Gasteiger partial charge on any atom is -0.399 e. The molecule has 2 rings (SSSR count). The number of carbonyl (C=O) groups is 1. The molecule has 0 bridgehead atoms. The summed E-state index contributed by atoms with van der Waals surface area (Å²) in [6.07, 6.45) is 0. The number of nitrogens with zero attached hydrogens (tertiary/aromatic N) is 3. The average Bonchev–Trinajstić information content (AvgIpc) is 2.89. The highest BCUT2D eigenvalue weighted by Gasteiger charge is 2.29. The van der Waals surface area contributed by atoms with Gasteiger partial charge in [0.2, 0.25) is 5.89 Å².